The predicted octanol–water partition coefficient (Wildman–Crippen LogP) is 1.55. The van der Waals surface area contributed by atoms with Crippen molar-refractivity contribution >= 4 is 17.4 Å². The third-order valence-electron chi connectivity index (χ3n) is 2.88. The fourth-order valence-electron chi connectivity index (χ4n) is 1.91. The van der Waals surface area contributed by atoms with Crippen LogP contribution in [0.5, 0.6) is 0 Å². The normalized spacial score (nSPS) is 16.8. The van der Waals surface area contributed by atoms with Crippen LogP contribution in [0.15, 0.2) is 23.4 Å². The molecule has 94 valence electrons. The Balaban J connectivity index is 1.75. The molecule has 1 aromatic heterocycles. The van der Waals surface area contributed by atoms with Crippen LogP contribution < -0.4 is 5.32 Å². The van der Waals surface area contributed by atoms with Crippen LogP contribution in [0.1, 0.15) is 0 Å². The molecule has 17 heavy (non-hydrogen) atoms. The molecule has 0 bridgehead atoms. The van der Waals surface area contributed by atoms with Crippen molar-refractivity contribution in [2.24, 2.45) is 0 Å². The van der Waals surface area contributed by atoms with Crippen molar-refractivity contribution in [3.63, 3.8) is 0 Å². The third-order valence-corrected chi connectivity index (χ3v) is 3.53. The standard InChI is InChI=1S/C12H19N3OS/c1-16-6-5-15-8-11(9-15)14-10-3-4-13-12(7-10)17-2/h3-4,7,11H,5-6,8-9H2,1-2H3,(H,13,14). The van der Waals surface area contributed by atoms with Gasteiger partial charge in [-0.05, 0) is 18.4 Å². The quantitative estimate of drug-likeness (QED) is 0.779. The molecule has 1 aliphatic heterocycles. The zero-order valence-corrected chi connectivity index (χ0v) is 11.2. The average Bonchev–Trinajstić information content (AvgIpc) is 2.32. The van der Waals surface area contributed by atoms with Crippen molar-refractivity contribution < 1.29 is 4.74 Å². The first-order chi connectivity index (χ1) is 8.31. The van der Waals surface area contributed by atoms with Gasteiger partial charge < -0.3 is 10.1 Å². The molecule has 1 fully saturated rings. The van der Waals surface area contributed by atoms with Crippen LogP contribution in [0.4, 0.5) is 5.69 Å². The Morgan fingerprint density at radius 1 is 1.59 bits per heavy atom. The molecule has 2 rings (SSSR count). The van der Waals surface area contributed by atoms with Gasteiger partial charge in [-0.2, -0.15) is 0 Å². The number of hydrogen-bond acceptors (Lipinski definition) is 5. The van der Waals surface area contributed by atoms with Crippen molar-refractivity contribution in [1.82, 2.24) is 9.88 Å². The lowest BCUT2D eigenvalue weighted by Crippen LogP contribution is -2.55. The van der Waals surface area contributed by atoms with Crippen molar-refractivity contribution in [2.75, 3.05) is 44.9 Å². The van der Waals surface area contributed by atoms with Gasteiger partial charge in [0, 0.05) is 38.6 Å². The van der Waals surface area contributed by atoms with E-state index in [1.807, 2.05) is 18.5 Å². The van der Waals surface area contributed by atoms with Gasteiger partial charge in [0.15, 0.2) is 0 Å². The van der Waals surface area contributed by atoms with E-state index in [4.69, 9.17) is 4.74 Å². The summed E-state index contributed by atoms with van der Waals surface area (Å²) in [5.74, 6) is 0. The molecule has 0 atom stereocenters. The summed E-state index contributed by atoms with van der Waals surface area (Å²) in [4.78, 5) is 6.65. The molecule has 1 saturated heterocycles. The highest BCUT2D eigenvalue weighted by molar-refractivity contribution is 7.98. The van der Waals surface area contributed by atoms with E-state index in [2.05, 4.69) is 21.3 Å². The van der Waals surface area contributed by atoms with Crippen molar-refractivity contribution in [3.8, 4) is 0 Å². The molecule has 1 aromatic rings. The minimum absolute atomic E-state index is 0.559. The van der Waals surface area contributed by atoms with E-state index in [0.717, 1.165) is 31.3 Å². The van der Waals surface area contributed by atoms with E-state index < -0.39 is 0 Å². The Hall–Kier alpha value is -0.780. The van der Waals surface area contributed by atoms with Gasteiger partial charge in [-0.1, -0.05) is 0 Å². The SMILES string of the molecule is COCCN1CC(Nc2ccnc(SC)c2)C1. The average molecular weight is 253 g/mol. The molecule has 0 aliphatic carbocycles. The lowest BCUT2D eigenvalue weighted by molar-refractivity contribution is 0.102. The topological polar surface area (TPSA) is 37.4 Å². The number of anilines is 1. The minimum atomic E-state index is 0.559. The van der Waals surface area contributed by atoms with E-state index in [9.17, 15) is 0 Å². The number of likely N-dealkylation sites (tertiary alicyclic amines) is 1. The molecule has 2 heterocycles. The van der Waals surface area contributed by atoms with Gasteiger partial charge in [-0.3, -0.25) is 4.90 Å². The van der Waals surface area contributed by atoms with E-state index in [1.54, 1.807) is 18.9 Å². The number of hydrogen-bond donors (Lipinski definition) is 1. The summed E-state index contributed by atoms with van der Waals surface area (Å²) in [6.45, 7) is 4.04. The van der Waals surface area contributed by atoms with Gasteiger partial charge >= 0.3 is 0 Å². The lowest BCUT2D eigenvalue weighted by Gasteiger charge is -2.40. The van der Waals surface area contributed by atoms with Crippen LogP contribution in [0, 0.1) is 0 Å². The Bertz CT molecular complexity index is 355. The van der Waals surface area contributed by atoms with Gasteiger partial charge in [0.2, 0.25) is 0 Å². The summed E-state index contributed by atoms with van der Waals surface area (Å²) in [6.07, 6.45) is 3.90. The highest BCUT2D eigenvalue weighted by Gasteiger charge is 2.25. The Kier molecular flexibility index (Phi) is 4.65. The van der Waals surface area contributed by atoms with Gasteiger partial charge in [-0.25, -0.2) is 4.98 Å². The summed E-state index contributed by atoms with van der Waals surface area (Å²) in [6, 6.07) is 4.68. The fourth-order valence-corrected chi connectivity index (χ4v) is 2.32. The van der Waals surface area contributed by atoms with Crippen LogP contribution in [0.3, 0.4) is 0 Å². The maximum absolute atomic E-state index is 5.06. The first kappa shape index (κ1) is 12.7. The van der Waals surface area contributed by atoms with Gasteiger partial charge in [0.1, 0.15) is 0 Å². The van der Waals surface area contributed by atoms with Crippen LogP contribution in [-0.2, 0) is 4.74 Å². The molecule has 0 amide bonds. The zero-order valence-electron chi connectivity index (χ0n) is 10.3. The molecule has 1 N–H and O–H groups in total. The largest absolute Gasteiger partial charge is 0.383 e. The molecule has 5 heteroatoms. The molecule has 0 spiro atoms. The fraction of sp³-hybridized carbons (Fsp3) is 0.583. The second-order valence-electron chi connectivity index (χ2n) is 4.18. The monoisotopic (exact) mass is 253 g/mol. The van der Waals surface area contributed by atoms with Gasteiger partial charge in [-0.15, -0.1) is 11.8 Å². The molecule has 0 saturated carbocycles. The third kappa shape index (κ3) is 3.59. The van der Waals surface area contributed by atoms with Crippen LogP contribution in [0.2, 0.25) is 0 Å². The van der Waals surface area contributed by atoms with Crippen LogP contribution in [0.25, 0.3) is 0 Å². The number of pyridine rings is 1. The first-order valence-corrected chi connectivity index (χ1v) is 7.02. The highest BCUT2D eigenvalue weighted by Crippen LogP contribution is 2.19. The molecule has 0 unspecified atom stereocenters. The van der Waals surface area contributed by atoms with E-state index in [1.165, 1.54) is 5.69 Å². The van der Waals surface area contributed by atoms with E-state index in [-0.39, 0.29) is 0 Å². The number of ether oxygens (including phenoxy) is 1. The summed E-state index contributed by atoms with van der Waals surface area (Å²) < 4.78 is 5.06. The Morgan fingerprint density at radius 2 is 2.41 bits per heavy atom. The Labute approximate surface area is 107 Å². The molecule has 0 radical (unpaired) electrons. The van der Waals surface area contributed by atoms with Crippen molar-refractivity contribution in [3.05, 3.63) is 18.3 Å². The smallest absolute Gasteiger partial charge is 0.0977 e. The van der Waals surface area contributed by atoms with Crippen molar-refractivity contribution in [1.29, 1.82) is 0 Å². The van der Waals surface area contributed by atoms with Crippen molar-refractivity contribution in [2.45, 2.75) is 11.1 Å². The lowest BCUT2D eigenvalue weighted by atomic mass is 10.1. The molecule has 0 aromatic carbocycles. The number of rotatable bonds is 6. The second kappa shape index (κ2) is 6.23. The predicted molar refractivity (Wildman–Crippen MR) is 71.7 cm³/mol. The number of thioether (sulfide) groups is 1. The number of methoxy groups -OCH3 is 1. The second-order valence-corrected chi connectivity index (χ2v) is 5.01. The summed E-state index contributed by atoms with van der Waals surface area (Å²) in [5.41, 5.74) is 1.17. The summed E-state index contributed by atoms with van der Waals surface area (Å²) >= 11 is 1.67. The molecular formula is C12H19N3OS. The highest BCUT2D eigenvalue weighted by atomic mass is 32.2. The molecular weight excluding hydrogens is 234 g/mol. The molecule has 4 nitrogen and oxygen atoms in total. The summed E-state index contributed by atoms with van der Waals surface area (Å²) in [5, 5.41) is 4.58. The van der Waals surface area contributed by atoms with Gasteiger partial charge in [0.05, 0.1) is 17.7 Å². The number of aromatic nitrogens is 1. The van der Waals surface area contributed by atoms with Gasteiger partial charge in [0.25, 0.3) is 0 Å². The van der Waals surface area contributed by atoms with E-state index in [0.29, 0.717) is 6.04 Å². The molecule has 1 aliphatic rings. The Morgan fingerprint density at radius 3 is 3.12 bits per heavy atom. The maximum Gasteiger partial charge on any atom is 0.0977 e. The van der Waals surface area contributed by atoms with Crippen LogP contribution in [-0.4, -0.2) is 55.5 Å². The first-order valence-electron chi connectivity index (χ1n) is 5.79. The minimum Gasteiger partial charge on any atom is -0.383 e. The zero-order chi connectivity index (χ0) is 12.1. The maximum atomic E-state index is 5.06. The number of nitrogens with zero attached hydrogens (tertiary/aromatic N) is 2. The summed E-state index contributed by atoms with van der Waals surface area (Å²) in [7, 11) is 1.75. The van der Waals surface area contributed by atoms with Crippen LogP contribution >= 0.6 is 11.8 Å². The van der Waals surface area contributed by atoms with E-state index >= 15 is 0 Å². The number of nitrogens with one attached hydrogen (secondary N) is 1.